The Hall–Kier alpha value is -3.63. The van der Waals surface area contributed by atoms with E-state index in [1.165, 1.54) is 0 Å². The normalized spacial score (nSPS) is 22.9. The highest BCUT2D eigenvalue weighted by atomic mass is 19.3. The Morgan fingerprint density at radius 2 is 1.75 bits per heavy atom. The number of aromatic nitrogens is 2. The van der Waals surface area contributed by atoms with E-state index in [0.717, 1.165) is 23.6 Å². The molecule has 7 rings (SSSR count). The highest BCUT2D eigenvalue weighted by Gasteiger charge is 2.56. The number of phenolic OH excluding ortho intramolecular Hbond substituents is 1. The van der Waals surface area contributed by atoms with Crippen LogP contribution in [-0.4, -0.2) is 59.3 Å². The van der Waals surface area contributed by atoms with Gasteiger partial charge in [-0.1, -0.05) is 30.3 Å². The molecule has 0 amide bonds. The number of aromatic hydroxyl groups is 1. The van der Waals surface area contributed by atoms with Gasteiger partial charge in [0, 0.05) is 60.9 Å². The van der Waals surface area contributed by atoms with Gasteiger partial charge in [0.05, 0.1) is 6.61 Å². The summed E-state index contributed by atoms with van der Waals surface area (Å²) in [6.07, 6.45) is 1.40. The number of halogens is 3. The van der Waals surface area contributed by atoms with Gasteiger partial charge < -0.3 is 25.8 Å². The van der Waals surface area contributed by atoms with Gasteiger partial charge in [-0.3, -0.25) is 0 Å². The molecular formula is C30H30F3N5O2. The molecule has 1 aromatic heterocycles. The molecule has 0 radical (unpaired) electrons. The summed E-state index contributed by atoms with van der Waals surface area (Å²) in [5, 5.41) is 16.1. The van der Waals surface area contributed by atoms with E-state index in [1.807, 2.05) is 30.3 Å². The van der Waals surface area contributed by atoms with Gasteiger partial charge in [0.15, 0.2) is 5.82 Å². The summed E-state index contributed by atoms with van der Waals surface area (Å²) >= 11 is 0. The highest BCUT2D eigenvalue weighted by Crippen LogP contribution is 2.51. The Balaban J connectivity index is 1.34. The first-order chi connectivity index (χ1) is 19.2. The molecule has 2 bridgehead atoms. The molecule has 40 heavy (non-hydrogen) atoms. The third-order valence-corrected chi connectivity index (χ3v) is 8.63. The van der Waals surface area contributed by atoms with E-state index in [2.05, 4.69) is 15.2 Å². The van der Waals surface area contributed by atoms with Crippen molar-refractivity contribution >= 4 is 27.5 Å². The summed E-state index contributed by atoms with van der Waals surface area (Å²) in [6.45, 7) is 1.39. The van der Waals surface area contributed by atoms with Crippen molar-refractivity contribution in [2.75, 3.05) is 31.1 Å². The van der Waals surface area contributed by atoms with E-state index in [1.54, 1.807) is 18.2 Å². The van der Waals surface area contributed by atoms with Crippen molar-refractivity contribution < 1.29 is 23.0 Å². The Morgan fingerprint density at radius 1 is 1.00 bits per heavy atom. The maximum atomic E-state index is 16.4. The third-order valence-electron chi connectivity index (χ3n) is 8.63. The number of ether oxygens (including phenoxy) is 1. The van der Waals surface area contributed by atoms with Crippen LogP contribution in [0.4, 0.5) is 19.0 Å². The van der Waals surface area contributed by atoms with Crippen LogP contribution in [0.25, 0.3) is 32.8 Å². The van der Waals surface area contributed by atoms with Gasteiger partial charge in [0.25, 0.3) is 0 Å². The average Bonchev–Trinajstić information content (AvgIpc) is 3.27. The Labute approximate surface area is 229 Å². The van der Waals surface area contributed by atoms with Crippen molar-refractivity contribution in [2.24, 2.45) is 11.1 Å². The molecule has 2 aliphatic heterocycles. The smallest absolute Gasteiger partial charge is 0.319 e. The predicted molar refractivity (Wildman–Crippen MR) is 147 cm³/mol. The minimum atomic E-state index is -2.76. The van der Waals surface area contributed by atoms with Crippen LogP contribution < -0.4 is 20.7 Å². The van der Waals surface area contributed by atoms with Crippen molar-refractivity contribution in [1.29, 1.82) is 0 Å². The number of nitrogens with zero attached hydrogens (tertiary/aromatic N) is 3. The van der Waals surface area contributed by atoms with Gasteiger partial charge in [-0.25, -0.2) is 13.2 Å². The summed E-state index contributed by atoms with van der Waals surface area (Å²) in [4.78, 5) is 11.3. The molecule has 208 valence electrons. The van der Waals surface area contributed by atoms with Gasteiger partial charge in [-0.15, -0.1) is 0 Å². The van der Waals surface area contributed by atoms with Crippen LogP contribution >= 0.6 is 0 Å². The zero-order valence-electron chi connectivity index (χ0n) is 21.8. The number of rotatable bonds is 6. The molecule has 4 aromatic rings. The number of benzene rings is 3. The highest BCUT2D eigenvalue weighted by molar-refractivity contribution is 6.01. The first-order valence-electron chi connectivity index (χ1n) is 13.7. The van der Waals surface area contributed by atoms with E-state index in [4.69, 9.17) is 15.5 Å². The second-order valence-electron chi connectivity index (χ2n) is 11.6. The van der Waals surface area contributed by atoms with E-state index in [-0.39, 0.29) is 48.8 Å². The minimum absolute atomic E-state index is 0.0290. The lowest BCUT2D eigenvalue weighted by atomic mass is 9.66. The fraction of sp³-hybridized carbons (Fsp3) is 0.400. The molecule has 0 unspecified atom stereocenters. The van der Waals surface area contributed by atoms with E-state index < -0.39 is 17.2 Å². The molecule has 3 aromatic carbocycles. The number of anilines is 1. The van der Waals surface area contributed by atoms with Crippen LogP contribution in [0.2, 0.25) is 0 Å². The molecule has 3 heterocycles. The zero-order valence-corrected chi connectivity index (χ0v) is 21.8. The fourth-order valence-electron chi connectivity index (χ4n) is 6.70. The third kappa shape index (κ3) is 4.30. The quantitative estimate of drug-likeness (QED) is 0.312. The molecule has 4 N–H and O–H groups in total. The Kier molecular flexibility index (Phi) is 5.83. The van der Waals surface area contributed by atoms with Gasteiger partial charge >= 0.3 is 6.01 Å². The molecular weight excluding hydrogens is 519 g/mol. The first-order valence-corrected chi connectivity index (χ1v) is 13.7. The van der Waals surface area contributed by atoms with Gasteiger partial charge in [-0.2, -0.15) is 9.97 Å². The van der Waals surface area contributed by atoms with E-state index in [0.29, 0.717) is 41.9 Å². The standard InChI is InChI=1S/C30H30F3N5O2/c31-25-22(24-10-20(39)9-17-3-1-2-4-21(17)24)7-8-23-26(25)36-28(40-16-29(15-34)13-30(32,33)14-29)37-27(23)38-11-18-5-6-19(12-38)35-18/h1-4,7-10,18-19,35,39H,5-6,11-16,34H2/t18-,19+. The lowest BCUT2D eigenvalue weighted by molar-refractivity contribution is -0.168. The summed E-state index contributed by atoms with van der Waals surface area (Å²) in [6, 6.07) is 14.7. The summed E-state index contributed by atoms with van der Waals surface area (Å²) in [7, 11) is 0. The molecule has 0 spiro atoms. The number of piperazine rings is 1. The maximum Gasteiger partial charge on any atom is 0.319 e. The molecule has 2 atom stereocenters. The van der Waals surface area contributed by atoms with Crippen molar-refractivity contribution in [3.63, 3.8) is 0 Å². The zero-order chi connectivity index (χ0) is 27.6. The predicted octanol–water partition coefficient (Wildman–Crippen LogP) is 4.99. The fourth-order valence-corrected chi connectivity index (χ4v) is 6.70. The summed E-state index contributed by atoms with van der Waals surface area (Å²) < 4.78 is 49.8. The summed E-state index contributed by atoms with van der Waals surface area (Å²) in [5.41, 5.74) is 5.88. The van der Waals surface area contributed by atoms with Crippen LogP contribution in [0.1, 0.15) is 25.7 Å². The molecule has 1 saturated carbocycles. The minimum Gasteiger partial charge on any atom is -0.508 e. The van der Waals surface area contributed by atoms with E-state index >= 15 is 4.39 Å². The first kappa shape index (κ1) is 25.3. The molecule has 7 nitrogen and oxygen atoms in total. The Bertz CT molecular complexity index is 1610. The largest absolute Gasteiger partial charge is 0.508 e. The molecule has 2 saturated heterocycles. The lowest BCUT2D eigenvalue weighted by Gasteiger charge is -2.46. The molecule has 3 aliphatic rings. The van der Waals surface area contributed by atoms with Crippen molar-refractivity contribution in [2.45, 2.75) is 43.7 Å². The maximum absolute atomic E-state index is 16.4. The van der Waals surface area contributed by atoms with Crippen LogP contribution in [-0.2, 0) is 0 Å². The van der Waals surface area contributed by atoms with Crippen molar-refractivity contribution in [1.82, 2.24) is 15.3 Å². The van der Waals surface area contributed by atoms with Gasteiger partial charge in [0.2, 0.25) is 5.92 Å². The van der Waals surface area contributed by atoms with E-state index in [9.17, 15) is 13.9 Å². The number of nitrogens with two attached hydrogens (primary N) is 1. The topological polar surface area (TPSA) is 96.5 Å². The molecule has 10 heteroatoms. The van der Waals surface area contributed by atoms with Crippen LogP contribution in [0, 0.1) is 11.2 Å². The Morgan fingerprint density at radius 3 is 2.48 bits per heavy atom. The SMILES string of the molecule is NCC1(COc2nc(N3C[C@H]4CC[C@@H](C3)N4)c3ccc(-c4cc(O)cc5ccccc45)c(F)c3n2)CC(F)(F)C1. The summed E-state index contributed by atoms with van der Waals surface area (Å²) in [5.74, 6) is -2.74. The monoisotopic (exact) mass is 549 g/mol. The van der Waals surface area contributed by atoms with Crippen LogP contribution in [0.3, 0.4) is 0 Å². The van der Waals surface area contributed by atoms with Gasteiger partial charge in [-0.05, 0) is 47.4 Å². The number of nitrogens with one attached hydrogen (secondary N) is 1. The lowest BCUT2D eigenvalue weighted by Crippen LogP contribution is -2.53. The molecule has 3 fully saturated rings. The molecule has 1 aliphatic carbocycles. The average molecular weight is 550 g/mol. The number of phenols is 1. The second-order valence-corrected chi connectivity index (χ2v) is 11.6. The second kappa shape index (κ2) is 9.21. The van der Waals surface area contributed by atoms with Crippen molar-refractivity contribution in [3.8, 4) is 22.9 Å². The number of fused-ring (bicyclic) bond motifs is 4. The van der Waals surface area contributed by atoms with Gasteiger partial charge in [0.1, 0.15) is 17.1 Å². The van der Waals surface area contributed by atoms with Crippen molar-refractivity contribution in [3.05, 3.63) is 54.3 Å². The number of hydrogen-bond donors (Lipinski definition) is 3. The van der Waals surface area contributed by atoms with Crippen LogP contribution in [0.5, 0.6) is 11.8 Å². The number of alkyl halides is 2. The number of hydrogen-bond acceptors (Lipinski definition) is 7. The van der Waals surface area contributed by atoms with Crippen LogP contribution in [0.15, 0.2) is 48.5 Å².